The van der Waals surface area contributed by atoms with Gasteiger partial charge >= 0.3 is 0 Å². The number of benzene rings is 1. The van der Waals surface area contributed by atoms with Gasteiger partial charge in [-0.25, -0.2) is 0 Å². The molecule has 112 valence electrons. The molecule has 0 saturated carbocycles. The van der Waals surface area contributed by atoms with E-state index in [0.717, 1.165) is 41.9 Å². The summed E-state index contributed by atoms with van der Waals surface area (Å²) in [7, 11) is 3.61. The number of fused-ring (bicyclic) bond motifs is 1. The third kappa shape index (κ3) is 2.50. The molecule has 0 spiro atoms. The van der Waals surface area contributed by atoms with Crippen molar-refractivity contribution in [2.75, 3.05) is 20.2 Å². The van der Waals surface area contributed by atoms with E-state index in [1.165, 1.54) is 6.42 Å². The fourth-order valence-electron chi connectivity index (χ4n) is 3.20. The fraction of sp³-hybridized carbons (Fsp3) is 0.471. The molecule has 4 nitrogen and oxygen atoms in total. The molecular formula is C17H22N2O2. The van der Waals surface area contributed by atoms with Crippen LogP contribution < -0.4 is 4.74 Å². The number of nitrogens with zero attached hydrogens (tertiary/aromatic N) is 2. The minimum absolute atomic E-state index is 0.138. The molecule has 1 aromatic carbocycles. The predicted octanol–water partition coefficient (Wildman–Crippen LogP) is 3.06. The number of methoxy groups -OCH3 is 1. The summed E-state index contributed by atoms with van der Waals surface area (Å²) in [6, 6.07) is 7.88. The topological polar surface area (TPSA) is 34.5 Å². The van der Waals surface area contributed by atoms with Crippen LogP contribution in [-0.4, -0.2) is 35.6 Å². The van der Waals surface area contributed by atoms with Crippen LogP contribution >= 0.6 is 0 Å². The quantitative estimate of drug-likeness (QED) is 0.850. The molecule has 1 aromatic heterocycles. The lowest BCUT2D eigenvalue weighted by molar-refractivity contribution is 0.0674. The summed E-state index contributed by atoms with van der Waals surface area (Å²) in [5.41, 5.74) is 1.82. The van der Waals surface area contributed by atoms with Crippen molar-refractivity contribution in [3.8, 4) is 5.75 Å². The molecule has 0 radical (unpaired) electrons. The second-order valence-electron chi connectivity index (χ2n) is 6.01. The van der Waals surface area contributed by atoms with Crippen LogP contribution in [0.3, 0.4) is 0 Å². The average Bonchev–Trinajstić information content (AvgIpc) is 2.83. The molecule has 3 rings (SSSR count). The third-order valence-electron chi connectivity index (χ3n) is 4.41. The van der Waals surface area contributed by atoms with Gasteiger partial charge in [0.05, 0.1) is 7.11 Å². The van der Waals surface area contributed by atoms with E-state index in [-0.39, 0.29) is 5.91 Å². The first-order valence-electron chi connectivity index (χ1n) is 7.53. The van der Waals surface area contributed by atoms with Gasteiger partial charge in [-0.2, -0.15) is 0 Å². The van der Waals surface area contributed by atoms with Crippen molar-refractivity contribution in [1.82, 2.24) is 9.47 Å². The lowest BCUT2D eigenvalue weighted by Gasteiger charge is -2.31. The zero-order valence-electron chi connectivity index (χ0n) is 12.9. The van der Waals surface area contributed by atoms with Crippen molar-refractivity contribution >= 4 is 16.8 Å². The Hall–Kier alpha value is -1.97. The first-order valence-corrected chi connectivity index (χ1v) is 7.53. The number of piperidine rings is 1. The van der Waals surface area contributed by atoms with Crippen LogP contribution in [0, 0.1) is 5.92 Å². The Morgan fingerprint density at radius 2 is 2.14 bits per heavy atom. The van der Waals surface area contributed by atoms with Gasteiger partial charge in [-0.15, -0.1) is 0 Å². The molecule has 2 aromatic rings. The van der Waals surface area contributed by atoms with Crippen LogP contribution in [0.4, 0.5) is 0 Å². The van der Waals surface area contributed by atoms with E-state index >= 15 is 0 Å². The van der Waals surface area contributed by atoms with E-state index < -0.39 is 0 Å². The Bertz CT molecular complexity index is 675. The average molecular weight is 286 g/mol. The minimum atomic E-state index is 0.138. The van der Waals surface area contributed by atoms with Crippen molar-refractivity contribution in [2.45, 2.75) is 19.8 Å². The zero-order chi connectivity index (χ0) is 15.0. The summed E-state index contributed by atoms with van der Waals surface area (Å²) >= 11 is 0. The summed E-state index contributed by atoms with van der Waals surface area (Å²) in [4.78, 5) is 14.7. The van der Waals surface area contributed by atoms with Crippen LogP contribution in [0.25, 0.3) is 10.9 Å². The van der Waals surface area contributed by atoms with Gasteiger partial charge in [-0.05, 0) is 43.0 Å². The summed E-state index contributed by atoms with van der Waals surface area (Å²) in [6.07, 6.45) is 2.32. The molecule has 1 fully saturated rings. The van der Waals surface area contributed by atoms with E-state index in [4.69, 9.17) is 4.74 Å². The summed E-state index contributed by atoms with van der Waals surface area (Å²) in [5, 5.41) is 1.05. The molecule has 1 aliphatic rings. The van der Waals surface area contributed by atoms with Gasteiger partial charge in [-0.3, -0.25) is 4.79 Å². The Balaban J connectivity index is 1.96. The number of rotatable bonds is 2. The van der Waals surface area contributed by atoms with E-state index in [9.17, 15) is 4.79 Å². The smallest absolute Gasteiger partial charge is 0.270 e. The maximum Gasteiger partial charge on any atom is 0.270 e. The number of carbonyl (C=O) groups excluding carboxylic acids is 1. The van der Waals surface area contributed by atoms with E-state index in [2.05, 4.69) is 6.92 Å². The number of likely N-dealkylation sites (tertiary alicyclic amines) is 1. The van der Waals surface area contributed by atoms with Crippen LogP contribution in [-0.2, 0) is 7.05 Å². The number of aryl methyl sites for hydroxylation is 1. The number of aromatic nitrogens is 1. The molecule has 4 heteroatoms. The van der Waals surface area contributed by atoms with Gasteiger partial charge in [0.1, 0.15) is 11.4 Å². The van der Waals surface area contributed by atoms with Crippen molar-refractivity contribution in [1.29, 1.82) is 0 Å². The minimum Gasteiger partial charge on any atom is -0.497 e. The number of hydrogen-bond donors (Lipinski definition) is 0. The van der Waals surface area contributed by atoms with E-state index in [0.29, 0.717) is 5.92 Å². The molecule has 1 atom stereocenters. The molecule has 1 aliphatic heterocycles. The van der Waals surface area contributed by atoms with Crippen molar-refractivity contribution < 1.29 is 9.53 Å². The molecule has 0 aliphatic carbocycles. The Kier molecular flexibility index (Phi) is 3.62. The highest BCUT2D eigenvalue weighted by atomic mass is 16.5. The zero-order valence-corrected chi connectivity index (χ0v) is 12.9. The standard InChI is InChI=1S/C17H22N2O2/c1-12-5-4-8-19(11-12)17(20)16-10-13-9-14(21-3)6-7-15(13)18(16)2/h6-7,9-10,12H,4-5,8,11H2,1-3H3. The third-order valence-corrected chi connectivity index (χ3v) is 4.41. The normalized spacial score (nSPS) is 19.0. The van der Waals surface area contributed by atoms with Gasteiger partial charge < -0.3 is 14.2 Å². The van der Waals surface area contributed by atoms with Crippen LogP contribution in [0.1, 0.15) is 30.3 Å². The molecule has 1 unspecified atom stereocenters. The van der Waals surface area contributed by atoms with Gasteiger partial charge in [0.2, 0.25) is 0 Å². The second-order valence-corrected chi connectivity index (χ2v) is 6.01. The molecule has 21 heavy (non-hydrogen) atoms. The molecule has 1 saturated heterocycles. The van der Waals surface area contributed by atoms with Gasteiger partial charge in [0, 0.05) is 31.0 Å². The van der Waals surface area contributed by atoms with Gasteiger partial charge in [0.25, 0.3) is 5.91 Å². The van der Waals surface area contributed by atoms with Crippen molar-refractivity contribution in [3.05, 3.63) is 30.0 Å². The van der Waals surface area contributed by atoms with Crippen molar-refractivity contribution in [2.24, 2.45) is 13.0 Å². The first kappa shape index (κ1) is 14.0. The maximum absolute atomic E-state index is 12.8. The van der Waals surface area contributed by atoms with E-state index in [1.807, 2.05) is 40.8 Å². The fourth-order valence-corrected chi connectivity index (χ4v) is 3.20. The number of hydrogen-bond acceptors (Lipinski definition) is 2. The molecule has 1 amide bonds. The molecule has 0 bridgehead atoms. The van der Waals surface area contributed by atoms with Crippen LogP contribution in [0.5, 0.6) is 5.75 Å². The van der Waals surface area contributed by atoms with Crippen LogP contribution in [0.2, 0.25) is 0 Å². The highest BCUT2D eigenvalue weighted by Gasteiger charge is 2.24. The number of ether oxygens (including phenoxy) is 1. The molecule has 0 N–H and O–H groups in total. The largest absolute Gasteiger partial charge is 0.497 e. The summed E-state index contributed by atoms with van der Waals surface area (Å²) in [5.74, 6) is 1.55. The maximum atomic E-state index is 12.8. The monoisotopic (exact) mass is 286 g/mol. The predicted molar refractivity (Wildman–Crippen MR) is 83.8 cm³/mol. The Morgan fingerprint density at radius 3 is 2.86 bits per heavy atom. The highest BCUT2D eigenvalue weighted by Crippen LogP contribution is 2.25. The Labute approximate surface area is 125 Å². The van der Waals surface area contributed by atoms with Crippen LogP contribution in [0.15, 0.2) is 24.3 Å². The molecule has 2 heterocycles. The first-order chi connectivity index (χ1) is 10.1. The SMILES string of the molecule is COc1ccc2c(c1)cc(C(=O)N1CCCC(C)C1)n2C. The number of amides is 1. The molecular weight excluding hydrogens is 264 g/mol. The van der Waals surface area contributed by atoms with Gasteiger partial charge in [-0.1, -0.05) is 6.92 Å². The Morgan fingerprint density at radius 1 is 1.33 bits per heavy atom. The van der Waals surface area contributed by atoms with Crippen molar-refractivity contribution in [3.63, 3.8) is 0 Å². The summed E-state index contributed by atoms with van der Waals surface area (Å²) in [6.45, 7) is 3.95. The number of carbonyl (C=O) groups is 1. The highest BCUT2D eigenvalue weighted by molar-refractivity contribution is 5.99. The summed E-state index contributed by atoms with van der Waals surface area (Å²) < 4.78 is 7.24. The second kappa shape index (κ2) is 5.43. The lowest BCUT2D eigenvalue weighted by Crippen LogP contribution is -2.39. The lowest BCUT2D eigenvalue weighted by atomic mass is 10.00. The van der Waals surface area contributed by atoms with E-state index in [1.54, 1.807) is 7.11 Å². The van der Waals surface area contributed by atoms with Gasteiger partial charge in [0.15, 0.2) is 0 Å².